The molecule has 1 saturated carbocycles. The Morgan fingerprint density at radius 3 is 2.72 bits per heavy atom. The largest absolute Gasteiger partial charge is 0.446 e. The SMILES string of the molecule is CC(C)(C)NC(=O)O[C@@H]1CCC[C@H](C(=O)Nc2cc(Br)c(Cl)cn2)C1. The number of amides is 2. The molecule has 0 saturated heterocycles. The second-order valence-electron chi connectivity index (χ2n) is 7.24. The Hall–Kier alpha value is -1.34. The van der Waals surface area contributed by atoms with Crippen LogP contribution >= 0.6 is 27.5 Å². The molecule has 138 valence electrons. The molecule has 1 aromatic heterocycles. The van der Waals surface area contributed by atoms with E-state index in [0.717, 1.165) is 19.3 Å². The summed E-state index contributed by atoms with van der Waals surface area (Å²) in [6, 6.07) is 1.66. The Bertz CT molecular complexity index is 649. The van der Waals surface area contributed by atoms with Crippen molar-refractivity contribution < 1.29 is 14.3 Å². The average molecular weight is 433 g/mol. The molecule has 2 rings (SSSR count). The quantitative estimate of drug-likeness (QED) is 0.736. The predicted molar refractivity (Wildman–Crippen MR) is 101 cm³/mol. The summed E-state index contributed by atoms with van der Waals surface area (Å²) in [5, 5.41) is 6.05. The molecule has 1 fully saturated rings. The van der Waals surface area contributed by atoms with Crippen LogP contribution in [-0.2, 0) is 9.53 Å². The number of carbonyl (C=O) groups excluding carboxylic acids is 2. The van der Waals surface area contributed by atoms with Crippen LogP contribution in [-0.4, -0.2) is 28.6 Å². The van der Waals surface area contributed by atoms with Crippen molar-refractivity contribution >= 4 is 45.3 Å². The van der Waals surface area contributed by atoms with Crippen LogP contribution in [0.1, 0.15) is 46.5 Å². The lowest BCUT2D eigenvalue weighted by Crippen LogP contribution is -2.43. The molecule has 0 radical (unpaired) electrons. The number of nitrogens with zero attached hydrogens (tertiary/aromatic N) is 1. The van der Waals surface area contributed by atoms with Gasteiger partial charge < -0.3 is 15.4 Å². The summed E-state index contributed by atoms with van der Waals surface area (Å²) >= 11 is 9.21. The van der Waals surface area contributed by atoms with Crippen LogP contribution in [0.15, 0.2) is 16.7 Å². The summed E-state index contributed by atoms with van der Waals surface area (Å²) < 4.78 is 6.13. The Morgan fingerprint density at radius 2 is 2.08 bits per heavy atom. The highest BCUT2D eigenvalue weighted by atomic mass is 79.9. The Balaban J connectivity index is 1.90. The molecule has 1 aliphatic carbocycles. The van der Waals surface area contributed by atoms with Gasteiger partial charge in [0, 0.05) is 22.1 Å². The van der Waals surface area contributed by atoms with E-state index in [4.69, 9.17) is 16.3 Å². The van der Waals surface area contributed by atoms with Gasteiger partial charge in [-0.05, 0) is 68.5 Å². The summed E-state index contributed by atoms with van der Waals surface area (Å²) in [5.74, 6) is 0.110. The van der Waals surface area contributed by atoms with Gasteiger partial charge in [-0.25, -0.2) is 9.78 Å². The molecule has 0 spiro atoms. The summed E-state index contributed by atoms with van der Waals surface area (Å²) in [4.78, 5) is 28.5. The summed E-state index contributed by atoms with van der Waals surface area (Å²) in [7, 11) is 0. The molecule has 6 nitrogen and oxygen atoms in total. The van der Waals surface area contributed by atoms with Gasteiger partial charge in [-0.2, -0.15) is 0 Å². The minimum Gasteiger partial charge on any atom is -0.446 e. The normalized spacial score (nSPS) is 20.7. The second kappa shape index (κ2) is 8.36. The molecule has 1 aromatic rings. The number of anilines is 1. The zero-order chi connectivity index (χ0) is 18.6. The van der Waals surface area contributed by atoms with Gasteiger partial charge in [0.15, 0.2) is 0 Å². The van der Waals surface area contributed by atoms with Crippen LogP contribution in [0.25, 0.3) is 0 Å². The fraction of sp³-hybridized carbons (Fsp3) is 0.588. The molecule has 2 atom stereocenters. The van der Waals surface area contributed by atoms with E-state index < -0.39 is 6.09 Å². The molecule has 0 unspecified atom stereocenters. The molecule has 1 heterocycles. The maximum absolute atomic E-state index is 12.5. The van der Waals surface area contributed by atoms with E-state index in [-0.39, 0.29) is 23.5 Å². The monoisotopic (exact) mass is 431 g/mol. The number of halogens is 2. The predicted octanol–water partition coefficient (Wildman–Crippen LogP) is 4.52. The number of carbonyl (C=O) groups is 2. The van der Waals surface area contributed by atoms with Crippen LogP contribution in [0.5, 0.6) is 0 Å². The third-order valence-electron chi connectivity index (χ3n) is 3.81. The van der Waals surface area contributed by atoms with E-state index in [0.29, 0.717) is 21.7 Å². The van der Waals surface area contributed by atoms with Crippen molar-refractivity contribution in [2.75, 3.05) is 5.32 Å². The van der Waals surface area contributed by atoms with Crippen LogP contribution in [0, 0.1) is 5.92 Å². The van der Waals surface area contributed by atoms with E-state index in [2.05, 4.69) is 31.5 Å². The lowest BCUT2D eigenvalue weighted by atomic mass is 9.86. The highest BCUT2D eigenvalue weighted by molar-refractivity contribution is 9.10. The van der Waals surface area contributed by atoms with E-state index >= 15 is 0 Å². The number of nitrogens with one attached hydrogen (secondary N) is 2. The maximum Gasteiger partial charge on any atom is 0.407 e. The molecule has 0 aliphatic heterocycles. The summed E-state index contributed by atoms with van der Waals surface area (Å²) in [5.41, 5.74) is -0.351. The molecule has 25 heavy (non-hydrogen) atoms. The minimum absolute atomic E-state index is 0.119. The van der Waals surface area contributed by atoms with E-state index in [1.165, 1.54) is 6.20 Å². The summed E-state index contributed by atoms with van der Waals surface area (Å²) in [6.07, 6.45) is 3.67. The maximum atomic E-state index is 12.5. The lowest BCUT2D eigenvalue weighted by Gasteiger charge is -2.29. The molecule has 0 bridgehead atoms. The van der Waals surface area contributed by atoms with Gasteiger partial charge in [-0.15, -0.1) is 0 Å². The number of rotatable bonds is 3. The zero-order valence-electron chi connectivity index (χ0n) is 14.6. The third-order valence-corrected chi connectivity index (χ3v) is 4.99. The number of aromatic nitrogens is 1. The standard InChI is InChI=1S/C17H23BrClN3O3/c1-17(2,3)22-16(24)25-11-6-4-5-10(7-11)15(23)21-14-8-12(18)13(19)9-20-14/h8-11H,4-7H2,1-3H3,(H,22,24)(H,20,21,23)/t10-,11+/m0/s1. The van der Waals surface area contributed by atoms with Gasteiger partial charge in [-0.1, -0.05) is 11.6 Å². The Morgan fingerprint density at radius 1 is 1.36 bits per heavy atom. The van der Waals surface area contributed by atoms with Crippen molar-refractivity contribution in [2.45, 2.75) is 58.1 Å². The van der Waals surface area contributed by atoms with Crippen molar-refractivity contribution in [3.05, 3.63) is 21.8 Å². The number of pyridine rings is 1. The highest BCUT2D eigenvalue weighted by Crippen LogP contribution is 2.28. The van der Waals surface area contributed by atoms with Crippen molar-refractivity contribution in [1.82, 2.24) is 10.3 Å². The fourth-order valence-corrected chi connectivity index (χ4v) is 3.11. The van der Waals surface area contributed by atoms with Gasteiger partial charge in [0.2, 0.25) is 5.91 Å². The molecular weight excluding hydrogens is 410 g/mol. The van der Waals surface area contributed by atoms with Crippen LogP contribution in [0.4, 0.5) is 10.6 Å². The molecule has 2 N–H and O–H groups in total. The number of ether oxygens (including phenoxy) is 1. The second-order valence-corrected chi connectivity index (χ2v) is 8.50. The molecule has 8 heteroatoms. The Kier molecular flexibility index (Phi) is 6.68. The van der Waals surface area contributed by atoms with E-state index in [1.54, 1.807) is 6.07 Å². The number of hydrogen-bond acceptors (Lipinski definition) is 4. The average Bonchev–Trinajstić information content (AvgIpc) is 2.49. The van der Waals surface area contributed by atoms with Crippen LogP contribution < -0.4 is 10.6 Å². The van der Waals surface area contributed by atoms with Gasteiger partial charge in [0.1, 0.15) is 11.9 Å². The zero-order valence-corrected chi connectivity index (χ0v) is 16.9. The first kappa shape index (κ1) is 20.0. The van der Waals surface area contributed by atoms with Crippen LogP contribution in [0.2, 0.25) is 5.02 Å². The summed E-state index contributed by atoms with van der Waals surface area (Å²) in [6.45, 7) is 5.67. The van der Waals surface area contributed by atoms with E-state index in [1.807, 2.05) is 20.8 Å². The van der Waals surface area contributed by atoms with Gasteiger partial charge in [0.25, 0.3) is 0 Å². The smallest absolute Gasteiger partial charge is 0.407 e. The van der Waals surface area contributed by atoms with Gasteiger partial charge >= 0.3 is 6.09 Å². The molecule has 0 aromatic carbocycles. The third kappa shape index (κ3) is 6.47. The first-order valence-corrected chi connectivity index (χ1v) is 9.42. The van der Waals surface area contributed by atoms with Crippen molar-refractivity contribution in [1.29, 1.82) is 0 Å². The van der Waals surface area contributed by atoms with Crippen molar-refractivity contribution in [3.63, 3.8) is 0 Å². The molecular formula is C17H23BrClN3O3. The first-order chi connectivity index (χ1) is 11.6. The number of alkyl carbamates (subject to hydrolysis) is 1. The van der Waals surface area contributed by atoms with Gasteiger partial charge in [0.05, 0.1) is 5.02 Å². The fourth-order valence-electron chi connectivity index (χ4n) is 2.69. The van der Waals surface area contributed by atoms with E-state index in [9.17, 15) is 9.59 Å². The highest BCUT2D eigenvalue weighted by Gasteiger charge is 2.30. The topological polar surface area (TPSA) is 80.3 Å². The van der Waals surface area contributed by atoms with Crippen LogP contribution in [0.3, 0.4) is 0 Å². The Labute approximate surface area is 161 Å². The van der Waals surface area contributed by atoms with Crippen molar-refractivity contribution in [3.8, 4) is 0 Å². The number of hydrogen-bond donors (Lipinski definition) is 2. The molecule has 1 aliphatic rings. The first-order valence-electron chi connectivity index (χ1n) is 8.25. The molecule has 2 amide bonds. The van der Waals surface area contributed by atoms with Gasteiger partial charge in [-0.3, -0.25) is 4.79 Å². The lowest BCUT2D eigenvalue weighted by molar-refractivity contribution is -0.122. The van der Waals surface area contributed by atoms with Crippen molar-refractivity contribution in [2.24, 2.45) is 5.92 Å². The minimum atomic E-state index is -0.443.